The van der Waals surface area contributed by atoms with Gasteiger partial charge in [-0.2, -0.15) is 0 Å². The largest absolute Gasteiger partial charge is 0.514 e. The molecule has 0 aliphatic carbocycles. The van der Waals surface area contributed by atoms with Crippen molar-refractivity contribution in [3.63, 3.8) is 0 Å². The van der Waals surface area contributed by atoms with Crippen LogP contribution in [0.5, 0.6) is 0 Å². The van der Waals surface area contributed by atoms with Crippen molar-refractivity contribution < 1.29 is 13.7 Å². The van der Waals surface area contributed by atoms with E-state index in [2.05, 4.69) is 46.7 Å². The molecule has 3 aromatic carbocycles. The van der Waals surface area contributed by atoms with Crippen molar-refractivity contribution in [1.82, 2.24) is 4.98 Å². The monoisotopic (exact) mass is 507 g/mol. The summed E-state index contributed by atoms with van der Waals surface area (Å²) in [5.41, 5.74) is 1.02. The zero-order valence-corrected chi connectivity index (χ0v) is 22.0. The Hall–Kier alpha value is -3.81. The summed E-state index contributed by atoms with van der Waals surface area (Å²) >= 11 is 0. The number of hydrogen-bond acceptors (Lipinski definition) is 5. The second-order valence-corrected chi connectivity index (χ2v) is 10.5. The maximum absolute atomic E-state index is 14.6. The van der Waals surface area contributed by atoms with Crippen molar-refractivity contribution in [3.05, 3.63) is 131 Å². The number of aromatic nitrogens is 1. The van der Waals surface area contributed by atoms with Gasteiger partial charge in [-0.1, -0.05) is 91.0 Å². The quantitative estimate of drug-likeness (QED) is 0.168. The van der Waals surface area contributed by atoms with E-state index in [1.54, 1.807) is 0 Å². The van der Waals surface area contributed by atoms with Crippen LogP contribution in [0.15, 0.2) is 103 Å². The number of benzene rings is 3. The van der Waals surface area contributed by atoms with Crippen LogP contribution in [0.25, 0.3) is 0 Å². The van der Waals surface area contributed by atoms with Crippen LogP contribution in [0.1, 0.15) is 49.9 Å². The third kappa shape index (κ3) is 4.53. The van der Waals surface area contributed by atoms with Crippen LogP contribution in [-0.2, 0) is 14.8 Å². The number of hydrogen-bond donors (Lipinski definition) is 2. The zero-order chi connectivity index (χ0) is 27.0. The number of rotatable bonds is 7. The van der Waals surface area contributed by atoms with Gasteiger partial charge in [0.15, 0.2) is 0 Å². The Morgan fingerprint density at radius 3 is 1.63 bits per heavy atom. The normalized spacial score (nSPS) is 16.3. The summed E-state index contributed by atoms with van der Waals surface area (Å²) in [5, 5.41) is 12.7. The van der Waals surface area contributed by atoms with Crippen LogP contribution >= 0.6 is 0 Å². The van der Waals surface area contributed by atoms with Gasteiger partial charge in [0.1, 0.15) is 17.2 Å². The summed E-state index contributed by atoms with van der Waals surface area (Å²) in [5.74, 6) is -0.195. The molecule has 2 heterocycles. The van der Waals surface area contributed by atoms with Crippen molar-refractivity contribution >= 4 is 18.5 Å². The van der Waals surface area contributed by atoms with Crippen molar-refractivity contribution in [3.8, 4) is 0 Å². The molecule has 0 atom stereocenters. The molecule has 1 fully saturated rings. The van der Waals surface area contributed by atoms with Crippen molar-refractivity contribution in [2.75, 3.05) is 5.32 Å². The molecule has 1 aromatic heterocycles. The van der Waals surface area contributed by atoms with Gasteiger partial charge < -0.3 is 20.0 Å². The molecule has 5 rings (SSSR count). The molecular weight excluding hydrogens is 476 g/mol. The molecule has 0 saturated carbocycles. The lowest BCUT2D eigenvalue weighted by Crippen LogP contribution is -2.41. The summed E-state index contributed by atoms with van der Waals surface area (Å²) in [6, 6.07) is 31.5. The summed E-state index contributed by atoms with van der Waals surface area (Å²) < 4.78 is 26.9. The van der Waals surface area contributed by atoms with Crippen LogP contribution in [0.2, 0.25) is 0 Å². The predicted molar refractivity (Wildman–Crippen MR) is 150 cm³/mol. The lowest BCUT2D eigenvalue weighted by Gasteiger charge is -2.38. The SMILES string of the molecule is CC1(C)OB(C(=N)c2cc(F)cnc2NC(c2ccccc2)(c2ccccc2)c2ccccc2)OC1(C)C. The van der Waals surface area contributed by atoms with Gasteiger partial charge >= 0.3 is 7.12 Å². The third-order valence-corrected chi connectivity index (χ3v) is 7.56. The van der Waals surface area contributed by atoms with Crippen LogP contribution in [0, 0.1) is 11.2 Å². The summed E-state index contributed by atoms with van der Waals surface area (Å²) in [6.45, 7) is 7.70. The summed E-state index contributed by atoms with van der Waals surface area (Å²) in [4.78, 5) is 4.47. The number of pyridine rings is 1. The Bertz CT molecular complexity index is 1320. The fourth-order valence-corrected chi connectivity index (χ4v) is 4.79. The van der Waals surface area contributed by atoms with Gasteiger partial charge in [-0.3, -0.25) is 0 Å². The minimum absolute atomic E-state index is 0.00114. The molecule has 4 aromatic rings. The maximum Gasteiger partial charge on any atom is 0.514 e. The highest BCUT2D eigenvalue weighted by molar-refractivity contribution is 6.85. The average Bonchev–Trinajstić information content (AvgIpc) is 3.15. The molecule has 5 nitrogen and oxygen atoms in total. The maximum atomic E-state index is 14.6. The van der Waals surface area contributed by atoms with Gasteiger partial charge in [-0.15, -0.1) is 0 Å². The molecular formula is C31H31BFN3O2. The highest BCUT2D eigenvalue weighted by Gasteiger charge is 2.53. The van der Waals surface area contributed by atoms with Gasteiger partial charge in [0.05, 0.1) is 23.0 Å². The second-order valence-electron chi connectivity index (χ2n) is 10.5. The highest BCUT2D eigenvalue weighted by Crippen LogP contribution is 2.41. The van der Waals surface area contributed by atoms with E-state index in [0.717, 1.165) is 22.9 Å². The number of nitrogens with zero attached hydrogens (tertiary/aromatic N) is 1. The Morgan fingerprint density at radius 1 is 0.789 bits per heavy atom. The first-order valence-corrected chi connectivity index (χ1v) is 12.7. The molecule has 1 saturated heterocycles. The van der Waals surface area contributed by atoms with Crippen molar-refractivity contribution in [2.45, 2.75) is 44.4 Å². The fourth-order valence-electron chi connectivity index (χ4n) is 4.79. The molecule has 1 aliphatic heterocycles. The summed E-state index contributed by atoms with van der Waals surface area (Å²) in [7, 11) is -0.969. The van der Waals surface area contributed by atoms with E-state index in [9.17, 15) is 4.39 Å². The summed E-state index contributed by atoms with van der Waals surface area (Å²) in [6.07, 6.45) is 1.16. The van der Waals surface area contributed by atoms with Crippen molar-refractivity contribution in [2.24, 2.45) is 0 Å². The van der Waals surface area contributed by atoms with E-state index in [1.807, 2.05) is 82.3 Å². The van der Waals surface area contributed by atoms with Crippen LogP contribution in [0.3, 0.4) is 0 Å². The Morgan fingerprint density at radius 2 is 1.21 bits per heavy atom. The van der Waals surface area contributed by atoms with E-state index in [0.29, 0.717) is 5.82 Å². The van der Waals surface area contributed by atoms with E-state index >= 15 is 0 Å². The number of anilines is 1. The Labute approximate surface area is 223 Å². The van der Waals surface area contributed by atoms with E-state index < -0.39 is 29.7 Å². The van der Waals surface area contributed by atoms with Gasteiger partial charge in [0.2, 0.25) is 0 Å². The minimum atomic E-state index is -0.969. The molecule has 192 valence electrons. The van der Waals surface area contributed by atoms with Gasteiger partial charge in [0, 0.05) is 5.56 Å². The number of nitrogens with one attached hydrogen (secondary N) is 2. The molecule has 2 N–H and O–H groups in total. The Balaban J connectivity index is 1.69. The standard InChI is InChI=1S/C31H31BFN3O2/c1-29(2)30(3,4)38-32(37-29)27(34)26-20-25(33)21-35-28(26)36-31(22-14-8-5-9-15-22,23-16-10-6-11-17-23)24-18-12-7-13-19-24/h5-21,34H,1-4H3,(H,35,36). The van der Waals surface area contributed by atoms with Gasteiger partial charge in [0.25, 0.3) is 0 Å². The number of halogens is 1. The van der Waals surface area contributed by atoms with E-state index in [1.165, 1.54) is 6.07 Å². The van der Waals surface area contributed by atoms with Crippen LogP contribution in [-0.4, -0.2) is 28.9 Å². The Kier molecular flexibility index (Phi) is 6.67. The lowest BCUT2D eigenvalue weighted by molar-refractivity contribution is 0.00578. The molecule has 7 heteroatoms. The third-order valence-electron chi connectivity index (χ3n) is 7.56. The van der Waals surface area contributed by atoms with Gasteiger partial charge in [-0.25, -0.2) is 9.37 Å². The molecule has 0 spiro atoms. The first-order valence-electron chi connectivity index (χ1n) is 12.7. The predicted octanol–water partition coefficient (Wildman–Crippen LogP) is 6.62. The molecule has 0 amide bonds. The molecule has 0 radical (unpaired) electrons. The molecule has 38 heavy (non-hydrogen) atoms. The van der Waals surface area contributed by atoms with Crippen molar-refractivity contribution in [1.29, 1.82) is 5.41 Å². The minimum Gasteiger partial charge on any atom is -0.398 e. The van der Waals surface area contributed by atoms with Gasteiger partial charge in [-0.05, 0) is 50.5 Å². The smallest absolute Gasteiger partial charge is 0.398 e. The molecule has 1 aliphatic rings. The lowest BCUT2D eigenvalue weighted by atomic mass is 9.75. The zero-order valence-electron chi connectivity index (χ0n) is 22.0. The average molecular weight is 507 g/mol. The fraction of sp³-hybridized carbons (Fsp3) is 0.226. The van der Waals surface area contributed by atoms with E-state index in [4.69, 9.17) is 14.7 Å². The molecule has 0 bridgehead atoms. The topological polar surface area (TPSA) is 67.2 Å². The second kappa shape index (κ2) is 9.82. The molecule has 0 unspecified atom stereocenters. The van der Waals surface area contributed by atoms with Crippen LogP contribution < -0.4 is 5.32 Å². The van der Waals surface area contributed by atoms with Crippen LogP contribution in [0.4, 0.5) is 10.2 Å². The van der Waals surface area contributed by atoms with E-state index in [-0.39, 0.29) is 11.2 Å². The first kappa shape index (κ1) is 25.8. The first-order chi connectivity index (χ1) is 18.1. The highest BCUT2D eigenvalue weighted by atomic mass is 19.1.